The molecule has 0 heterocycles. The van der Waals surface area contributed by atoms with Gasteiger partial charge in [-0.2, -0.15) is 0 Å². The summed E-state index contributed by atoms with van der Waals surface area (Å²) in [6.07, 6.45) is 6.31. The number of hydrogen-bond donors (Lipinski definition) is 5. The molecule has 0 aliphatic rings. The highest BCUT2D eigenvalue weighted by atomic mass is 31.2. The Morgan fingerprint density at radius 3 is 1.96 bits per heavy atom. The third-order valence-electron chi connectivity index (χ3n) is 7.59. The molecule has 0 unspecified atom stereocenters. The Balaban J connectivity index is 2.26. The Labute approximate surface area is 277 Å². The third kappa shape index (κ3) is 16.6. The van der Waals surface area contributed by atoms with Crippen LogP contribution in [0.5, 0.6) is 5.75 Å². The van der Waals surface area contributed by atoms with Crippen molar-refractivity contribution in [3.05, 3.63) is 65.7 Å². The first kappa shape index (κ1) is 39.4. The van der Waals surface area contributed by atoms with Crippen LogP contribution in [-0.2, 0) is 36.6 Å². The highest BCUT2D eigenvalue weighted by Crippen LogP contribution is 2.37. The number of aryl methyl sites for hydroxylation is 1. The summed E-state index contributed by atoms with van der Waals surface area (Å²) in [5.41, 5.74) is 1.64. The Kier molecular flexibility index (Phi) is 17.8. The van der Waals surface area contributed by atoms with Gasteiger partial charge >= 0.3 is 13.8 Å². The largest absolute Gasteiger partial charge is 0.524 e. The lowest BCUT2D eigenvalue weighted by atomic mass is 10.0. The first-order chi connectivity index (χ1) is 22.4. The normalized spacial score (nSPS) is 12.5. The molecule has 260 valence electrons. The Morgan fingerprint density at radius 1 is 0.787 bits per heavy atom. The minimum Gasteiger partial charge on any atom is -0.481 e. The van der Waals surface area contributed by atoms with Crippen molar-refractivity contribution in [3.8, 4) is 5.75 Å². The maximum Gasteiger partial charge on any atom is 0.524 e. The van der Waals surface area contributed by atoms with E-state index >= 15 is 0 Å². The van der Waals surface area contributed by atoms with Crippen molar-refractivity contribution < 1.29 is 43.2 Å². The second-order valence-electron chi connectivity index (χ2n) is 11.6. The predicted molar refractivity (Wildman–Crippen MR) is 179 cm³/mol. The van der Waals surface area contributed by atoms with E-state index in [0.29, 0.717) is 31.5 Å². The molecule has 0 radical (unpaired) electrons. The maximum absolute atomic E-state index is 13.8. The van der Waals surface area contributed by atoms with Crippen molar-refractivity contribution in [3.63, 3.8) is 0 Å². The molecule has 13 heteroatoms. The maximum atomic E-state index is 13.8. The van der Waals surface area contributed by atoms with E-state index in [1.165, 1.54) is 24.3 Å². The number of nitrogens with one attached hydrogen (secondary N) is 2. The summed E-state index contributed by atoms with van der Waals surface area (Å²) in [6.45, 7) is 5.13. The van der Waals surface area contributed by atoms with Crippen molar-refractivity contribution in [2.75, 3.05) is 13.1 Å². The summed E-state index contributed by atoms with van der Waals surface area (Å²) >= 11 is 0. The minimum absolute atomic E-state index is 0.00298. The lowest BCUT2D eigenvalue weighted by Gasteiger charge is -2.29. The number of carboxylic acid groups (broad SMARTS) is 1. The van der Waals surface area contributed by atoms with Crippen molar-refractivity contribution in [2.24, 2.45) is 0 Å². The van der Waals surface area contributed by atoms with Gasteiger partial charge in [0.25, 0.3) is 0 Å². The quantitative estimate of drug-likeness (QED) is 0.0819. The lowest BCUT2D eigenvalue weighted by molar-refractivity contribution is -0.140. The summed E-state index contributed by atoms with van der Waals surface area (Å²) in [5, 5.41) is 14.9. The minimum atomic E-state index is -4.76. The molecule has 2 atom stereocenters. The molecule has 0 spiro atoms. The molecule has 5 N–H and O–H groups in total. The summed E-state index contributed by atoms with van der Waals surface area (Å²) in [7, 11) is -4.76. The number of carboxylic acids is 1. The predicted octanol–water partition coefficient (Wildman–Crippen LogP) is 4.77. The van der Waals surface area contributed by atoms with E-state index in [9.17, 15) is 28.8 Å². The van der Waals surface area contributed by atoms with Crippen LogP contribution in [0, 0.1) is 0 Å². The summed E-state index contributed by atoms with van der Waals surface area (Å²) in [5.74, 6) is -2.52. The molecule has 2 aromatic rings. The number of rotatable bonds is 23. The molecular formula is C34H50N3O9P. The van der Waals surface area contributed by atoms with Gasteiger partial charge in [0.2, 0.25) is 17.7 Å². The fourth-order valence-electron chi connectivity index (χ4n) is 5.09. The van der Waals surface area contributed by atoms with Crippen LogP contribution >= 0.6 is 7.82 Å². The SMILES string of the molecule is CCCCCN(CCCCC)C(=O)[C@H](CCC(=O)O)NC(=O)[C@H](Cc1ccc(OP(=O)(O)O)cc1)NC(=O)CCCc1ccccc1. The van der Waals surface area contributed by atoms with E-state index in [-0.39, 0.29) is 43.2 Å². The van der Waals surface area contributed by atoms with Crippen LogP contribution < -0.4 is 15.2 Å². The van der Waals surface area contributed by atoms with E-state index in [1.807, 2.05) is 30.3 Å². The van der Waals surface area contributed by atoms with Crippen molar-refractivity contribution in [1.82, 2.24) is 15.5 Å². The molecule has 0 aromatic heterocycles. The van der Waals surface area contributed by atoms with Gasteiger partial charge in [-0.15, -0.1) is 0 Å². The fourth-order valence-corrected chi connectivity index (χ4v) is 5.48. The van der Waals surface area contributed by atoms with Crippen LogP contribution in [0.15, 0.2) is 54.6 Å². The Morgan fingerprint density at radius 2 is 1.40 bits per heavy atom. The molecular weight excluding hydrogens is 625 g/mol. The number of carbonyl (C=O) groups is 4. The zero-order chi connectivity index (χ0) is 34.7. The van der Waals surface area contributed by atoms with Crippen molar-refractivity contribution >= 4 is 31.5 Å². The molecule has 0 aliphatic heterocycles. The smallest absolute Gasteiger partial charge is 0.481 e. The molecule has 2 aromatic carbocycles. The van der Waals surface area contributed by atoms with Crippen LogP contribution in [0.2, 0.25) is 0 Å². The van der Waals surface area contributed by atoms with Gasteiger partial charge in [-0.3, -0.25) is 29.0 Å². The van der Waals surface area contributed by atoms with E-state index < -0.39 is 31.8 Å². The molecule has 12 nitrogen and oxygen atoms in total. The van der Waals surface area contributed by atoms with Gasteiger partial charge in [0, 0.05) is 32.4 Å². The number of hydrogen-bond acceptors (Lipinski definition) is 6. The highest BCUT2D eigenvalue weighted by molar-refractivity contribution is 7.46. The van der Waals surface area contributed by atoms with Gasteiger partial charge in [0.05, 0.1) is 0 Å². The van der Waals surface area contributed by atoms with E-state index in [4.69, 9.17) is 9.79 Å². The molecule has 0 saturated carbocycles. The molecule has 0 bridgehead atoms. The number of aliphatic carboxylic acids is 1. The first-order valence-electron chi connectivity index (χ1n) is 16.4. The number of phosphoric acid groups is 1. The zero-order valence-corrected chi connectivity index (χ0v) is 28.3. The second kappa shape index (κ2) is 21.2. The van der Waals surface area contributed by atoms with Crippen LogP contribution in [-0.4, -0.2) is 68.7 Å². The van der Waals surface area contributed by atoms with Crippen molar-refractivity contribution in [1.29, 1.82) is 0 Å². The number of nitrogens with zero attached hydrogens (tertiary/aromatic N) is 1. The van der Waals surface area contributed by atoms with E-state index in [0.717, 1.165) is 44.1 Å². The molecule has 0 aliphatic carbocycles. The Hall–Kier alpha value is -3.73. The van der Waals surface area contributed by atoms with Crippen LogP contribution in [0.1, 0.15) is 89.2 Å². The first-order valence-corrected chi connectivity index (χ1v) is 17.9. The number of unbranched alkanes of at least 4 members (excludes halogenated alkanes) is 4. The van der Waals surface area contributed by atoms with E-state index in [2.05, 4.69) is 29.0 Å². The molecule has 47 heavy (non-hydrogen) atoms. The van der Waals surface area contributed by atoms with Crippen LogP contribution in [0.3, 0.4) is 0 Å². The molecule has 3 amide bonds. The third-order valence-corrected chi connectivity index (χ3v) is 8.04. The number of phosphoric ester groups is 1. The second-order valence-corrected chi connectivity index (χ2v) is 12.8. The molecule has 0 fully saturated rings. The van der Waals surface area contributed by atoms with Gasteiger partial charge in [0.15, 0.2) is 0 Å². The van der Waals surface area contributed by atoms with Crippen LogP contribution in [0.25, 0.3) is 0 Å². The fraction of sp³-hybridized carbons (Fsp3) is 0.529. The molecule has 0 saturated heterocycles. The highest BCUT2D eigenvalue weighted by Gasteiger charge is 2.30. The number of carbonyl (C=O) groups excluding carboxylic acids is 3. The van der Waals surface area contributed by atoms with Gasteiger partial charge in [-0.1, -0.05) is 82.0 Å². The van der Waals surface area contributed by atoms with Crippen molar-refractivity contribution in [2.45, 2.75) is 103 Å². The summed E-state index contributed by atoms with van der Waals surface area (Å²) in [6, 6.07) is 13.2. The average Bonchev–Trinajstić information content (AvgIpc) is 3.02. The zero-order valence-electron chi connectivity index (χ0n) is 27.4. The number of amides is 3. The number of benzene rings is 2. The van der Waals surface area contributed by atoms with Gasteiger partial charge in [-0.25, -0.2) is 4.57 Å². The summed E-state index contributed by atoms with van der Waals surface area (Å²) in [4.78, 5) is 71.9. The Bertz CT molecular complexity index is 1290. The standard InChI is InChI=1S/C34H50N3O9P/c1-3-5-10-23-37(24-11-6-4-2)34(42)29(21-22-32(39)40)36-33(41)30(25-27-17-19-28(20-18-27)46-47(43,44)45)35-31(38)16-12-15-26-13-8-7-9-14-26/h7-9,13-14,17-20,29-30H,3-6,10-12,15-16,21-25H2,1-2H3,(H,35,38)(H,36,41)(H,39,40)(H2,43,44,45)/t29-,30-/m0/s1. The topological polar surface area (TPSA) is 183 Å². The van der Waals surface area contributed by atoms with Gasteiger partial charge < -0.3 is 25.2 Å². The summed E-state index contributed by atoms with van der Waals surface area (Å²) < 4.78 is 15.8. The lowest BCUT2D eigenvalue weighted by Crippen LogP contribution is -2.55. The average molecular weight is 676 g/mol. The monoisotopic (exact) mass is 675 g/mol. The molecule has 2 rings (SSSR count). The van der Waals surface area contributed by atoms with E-state index in [1.54, 1.807) is 4.90 Å². The van der Waals surface area contributed by atoms with Gasteiger partial charge in [0.1, 0.15) is 17.8 Å². The van der Waals surface area contributed by atoms with Gasteiger partial charge in [-0.05, 0) is 55.4 Å². The van der Waals surface area contributed by atoms with Crippen LogP contribution in [0.4, 0.5) is 0 Å².